The standard InChI is InChI=1S/C16H17F3N6O/c1-9-6-24(15(26)23-8-16(17,18)19)7-10(9)12-4-21-13-5-22-14-11(25(12)13)2-3-20-14/h2-5,9-10,20H,6-8H2,1H3,(H,23,26)/t9-,10?/m1/s1. The van der Waals surface area contributed by atoms with Crippen LogP contribution < -0.4 is 5.32 Å². The largest absolute Gasteiger partial charge is 0.405 e. The Bertz CT molecular complexity index is 962. The quantitative estimate of drug-likeness (QED) is 0.732. The number of nitrogens with one attached hydrogen (secondary N) is 2. The van der Waals surface area contributed by atoms with Gasteiger partial charge in [0.15, 0.2) is 11.3 Å². The van der Waals surface area contributed by atoms with Gasteiger partial charge in [0.25, 0.3) is 0 Å². The third kappa shape index (κ3) is 2.85. The van der Waals surface area contributed by atoms with E-state index in [1.54, 1.807) is 18.6 Å². The normalized spacial score (nSPS) is 21.0. The monoisotopic (exact) mass is 366 g/mol. The molecule has 2 amide bonds. The Kier molecular flexibility index (Phi) is 3.78. The van der Waals surface area contributed by atoms with Crippen molar-refractivity contribution in [1.82, 2.24) is 29.6 Å². The Balaban J connectivity index is 1.60. The summed E-state index contributed by atoms with van der Waals surface area (Å²) in [5, 5.41) is 1.94. The molecule has 1 unspecified atom stereocenters. The molecule has 0 aromatic carbocycles. The number of imidazole rings is 1. The van der Waals surface area contributed by atoms with Crippen LogP contribution in [0.5, 0.6) is 0 Å². The van der Waals surface area contributed by atoms with Crippen molar-refractivity contribution >= 4 is 22.8 Å². The molecule has 3 aromatic rings. The van der Waals surface area contributed by atoms with Gasteiger partial charge in [0.2, 0.25) is 0 Å². The molecule has 10 heteroatoms. The van der Waals surface area contributed by atoms with E-state index in [2.05, 4.69) is 15.0 Å². The molecule has 4 heterocycles. The lowest BCUT2D eigenvalue weighted by molar-refractivity contribution is -0.123. The summed E-state index contributed by atoms with van der Waals surface area (Å²) in [6.45, 7) is 1.39. The van der Waals surface area contributed by atoms with E-state index in [9.17, 15) is 18.0 Å². The number of nitrogens with zero attached hydrogens (tertiary/aromatic N) is 4. The van der Waals surface area contributed by atoms with Crippen LogP contribution in [0.4, 0.5) is 18.0 Å². The summed E-state index contributed by atoms with van der Waals surface area (Å²) < 4.78 is 38.9. The minimum Gasteiger partial charge on any atom is -0.345 e. The van der Waals surface area contributed by atoms with Crippen LogP contribution in [-0.4, -0.2) is 56.1 Å². The van der Waals surface area contributed by atoms with Gasteiger partial charge in [-0.25, -0.2) is 14.8 Å². The summed E-state index contributed by atoms with van der Waals surface area (Å²) in [6.07, 6.45) is 0.780. The van der Waals surface area contributed by atoms with Gasteiger partial charge in [-0.15, -0.1) is 0 Å². The third-order valence-corrected chi connectivity index (χ3v) is 4.79. The Morgan fingerprint density at radius 3 is 2.92 bits per heavy atom. The van der Waals surface area contributed by atoms with Crippen LogP contribution in [0.25, 0.3) is 16.8 Å². The molecule has 138 valence electrons. The van der Waals surface area contributed by atoms with Gasteiger partial charge in [0, 0.05) is 37.1 Å². The van der Waals surface area contributed by atoms with Crippen molar-refractivity contribution in [3.05, 3.63) is 30.4 Å². The maximum atomic E-state index is 12.3. The summed E-state index contributed by atoms with van der Waals surface area (Å²) in [5.74, 6) is 0.0656. The van der Waals surface area contributed by atoms with E-state index in [4.69, 9.17) is 0 Å². The van der Waals surface area contributed by atoms with Crippen LogP contribution in [0, 0.1) is 5.92 Å². The number of carbonyl (C=O) groups is 1. The average molecular weight is 366 g/mol. The lowest BCUT2D eigenvalue weighted by Crippen LogP contribution is -2.42. The molecule has 1 fully saturated rings. The lowest BCUT2D eigenvalue weighted by Gasteiger charge is -2.18. The van der Waals surface area contributed by atoms with E-state index < -0.39 is 18.8 Å². The number of halogens is 3. The van der Waals surface area contributed by atoms with E-state index in [0.29, 0.717) is 18.7 Å². The smallest absolute Gasteiger partial charge is 0.345 e. The lowest BCUT2D eigenvalue weighted by atomic mass is 9.95. The van der Waals surface area contributed by atoms with Gasteiger partial charge in [0.1, 0.15) is 6.54 Å². The molecule has 2 N–H and O–H groups in total. The minimum atomic E-state index is -4.42. The number of rotatable bonds is 2. The predicted molar refractivity (Wildman–Crippen MR) is 87.8 cm³/mol. The maximum absolute atomic E-state index is 12.3. The van der Waals surface area contributed by atoms with Crippen LogP contribution >= 0.6 is 0 Å². The van der Waals surface area contributed by atoms with E-state index in [0.717, 1.165) is 16.9 Å². The first-order valence-electron chi connectivity index (χ1n) is 8.22. The van der Waals surface area contributed by atoms with Gasteiger partial charge in [-0.1, -0.05) is 6.92 Å². The SMILES string of the molecule is C[C@@H]1CN(C(=O)NCC(F)(F)F)CC1c1cnc2cnc3[nH]ccc3n12. The zero-order valence-electron chi connectivity index (χ0n) is 13.9. The van der Waals surface area contributed by atoms with E-state index in [-0.39, 0.29) is 11.8 Å². The first-order chi connectivity index (χ1) is 12.3. The molecule has 4 rings (SSSR count). The molecule has 0 spiro atoms. The first-order valence-corrected chi connectivity index (χ1v) is 8.22. The molecule has 26 heavy (non-hydrogen) atoms. The van der Waals surface area contributed by atoms with Gasteiger partial charge in [-0.3, -0.25) is 4.40 Å². The van der Waals surface area contributed by atoms with Crippen LogP contribution in [-0.2, 0) is 0 Å². The molecule has 2 atom stereocenters. The first kappa shape index (κ1) is 16.7. The molecular weight excluding hydrogens is 349 g/mol. The number of aromatic amines is 1. The average Bonchev–Trinajstić information content (AvgIpc) is 3.27. The van der Waals surface area contributed by atoms with E-state index in [1.807, 2.05) is 22.7 Å². The number of urea groups is 1. The maximum Gasteiger partial charge on any atom is 0.405 e. The molecule has 1 aliphatic rings. The summed E-state index contributed by atoms with van der Waals surface area (Å²) >= 11 is 0. The van der Waals surface area contributed by atoms with Gasteiger partial charge in [-0.2, -0.15) is 13.2 Å². The molecule has 0 bridgehead atoms. The Morgan fingerprint density at radius 1 is 1.35 bits per heavy atom. The van der Waals surface area contributed by atoms with Crippen LogP contribution in [0.15, 0.2) is 24.7 Å². The van der Waals surface area contributed by atoms with Gasteiger partial charge in [-0.05, 0) is 12.0 Å². The minimum absolute atomic E-state index is 0.0258. The number of likely N-dealkylation sites (tertiary alicyclic amines) is 1. The fourth-order valence-corrected chi connectivity index (χ4v) is 3.56. The van der Waals surface area contributed by atoms with Crippen LogP contribution in [0.3, 0.4) is 0 Å². The van der Waals surface area contributed by atoms with Gasteiger partial charge in [0.05, 0.1) is 11.7 Å². The van der Waals surface area contributed by atoms with Crippen molar-refractivity contribution in [2.75, 3.05) is 19.6 Å². The van der Waals surface area contributed by atoms with Gasteiger partial charge >= 0.3 is 12.2 Å². The number of hydrogen-bond acceptors (Lipinski definition) is 3. The van der Waals surface area contributed by atoms with Crippen LogP contribution in [0.1, 0.15) is 18.5 Å². The zero-order chi connectivity index (χ0) is 18.5. The van der Waals surface area contributed by atoms with Crippen molar-refractivity contribution in [2.45, 2.75) is 19.0 Å². The van der Waals surface area contributed by atoms with Crippen molar-refractivity contribution in [1.29, 1.82) is 0 Å². The highest BCUT2D eigenvalue weighted by Gasteiger charge is 2.36. The fraction of sp³-hybridized carbons (Fsp3) is 0.438. The highest BCUT2D eigenvalue weighted by Crippen LogP contribution is 2.33. The number of carbonyl (C=O) groups excluding carboxylic acids is 1. The summed E-state index contributed by atoms with van der Waals surface area (Å²) in [5.41, 5.74) is 3.22. The second-order valence-electron chi connectivity index (χ2n) is 6.61. The highest BCUT2D eigenvalue weighted by atomic mass is 19.4. The number of alkyl halides is 3. The molecule has 1 saturated heterocycles. The number of aromatic nitrogens is 4. The predicted octanol–water partition coefficient (Wildman–Crippen LogP) is 2.52. The Hall–Kier alpha value is -2.78. The van der Waals surface area contributed by atoms with Gasteiger partial charge < -0.3 is 15.2 Å². The number of hydrogen-bond donors (Lipinski definition) is 2. The number of amides is 2. The topological polar surface area (TPSA) is 78.3 Å². The molecule has 1 aliphatic heterocycles. The molecule has 0 aliphatic carbocycles. The Labute approximate surface area is 146 Å². The third-order valence-electron chi connectivity index (χ3n) is 4.79. The molecular formula is C16H17F3N6O. The van der Waals surface area contributed by atoms with Crippen molar-refractivity contribution < 1.29 is 18.0 Å². The summed E-state index contributed by atoms with van der Waals surface area (Å²) in [4.78, 5) is 25.2. The Morgan fingerprint density at radius 2 is 2.15 bits per heavy atom. The zero-order valence-corrected chi connectivity index (χ0v) is 13.9. The van der Waals surface area contributed by atoms with E-state index >= 15 is 0 Å². The summed E-state index contributed by atoms with van der Waals surface area (Å²) in [6, 6.07) is 1.20. The molecule has 0 saturated carbocycles. The van der Waals surface area contributed by atoms with E-state index in [1.165, 1.54) is 4.90 Å². The molecule has 3 aromatic heterocycles. The molecule has 0 radical (unpaired) electrons. The number of fused-ring (bicyclic) bond motifs is 3. The van der Waals surface area contributed by atoms with Crippen molar-refractivity contribution in [3.8, 4) is 0 Å². The summed E-state index contributed by atoms with van der Waals surface area (Å²) in [7, 11) is 0. The number of H-pyrrole nitrogens is 1. The molecule has 7 nitrogen and oxygen atoms in total. The van der Waals surface area contributed by atoms with Crippen LogP contribution in [0.2, 0.25) is 0 Å². The fourth-order valence-electron chi connectivity index (χ4n) is 3.56. The van der Waals surface area contributed by atoms with Crippen molar-refractivity contribution in [2.24, 2.45) is 5.92 Å². The highest BCUT2D eigenvalue weighted by molar-refractivity contribution is 5.76. The second kappa shape index (κ2) is 5.89. The van der Waals surface area contributed by atoms with Crippen molar-refractivity contribution in [3.63, 3.8) is 0 Å². The second-order valence-corrected chi connectivity index (χ2v) is 6.61.